The van der Waals surface area contributed by atoms with Crippen molar-refractivity contribution < 1.29 is 42.4 Å². The van der Waals surface area contributed by atoms with Gasteiger partial charge in [0.25, 0.3) is 0 Å². The zero-order valence-electron chi connectivity index (χ0n) is 33.7. The number of likely N-dealkylation sites (tertiary alicyclic amines) is 1. The molecule has 1 saturated heterocycles. The van der Waals surface area contributed by atoms with Gasteiger partial charge in [-0.2, -0.15) is 0 Å². The molecule has 0 aliphatic carbocycles. The molecule has 302 valence electrons. The predicted molar refractivity (Wildman–Crippen MR) is 215 cm³/mol. The standard InChI is InChI=1S/C43H61FN2O8Si/c1-31(2)55(32(3)4,43(5,6)53-30-34-12-17-40-39(27-34)45(21-23-52-40)19-9-22-49-7)54-41-28-46(42(47)48)20-18-38(41)35-13-15-37(16-14-35)51-25-24-50-29-33-10-8-11-36(44)26-33/h8,10-17,26-27,31-32,38,41H,9,18-25,28-30H2,1-7H3,(H,47,48). The van der Waals surface area contributed by atoms with Gasteiger partial charge in [-0.1, -0.05) is 58.0 Å². The lowest BCUT2D eigenvalue weighted by molar-refractivity contribution is -0.0158. The third kappa shape index (κ3) is 10.6. The smallest absolute Gasteiger partial charge is 0.407 e. The maximum Gasteiger partial charge on any atom is 0.407 e. The molecule has 0 saturated carbocycles. The van der Waals surface area contributed by atoms with E-state index in [1.807, 2.05) is 24.3 Å². The normalized spacial score (nSPS) is 17.7. The number of rotatable bonds is 19. The maximum atomic E-state index is 13.5. The highest BCUT2D eigenvalue weighted by Crippen LogP contribution is 2.47. The molecule has 1 N–H and O–H groups in total. The summed E-state index contributed by atoms with van der Waals surface area (Å²) in [5.74, 6) is 1.31. The first-order valence-electron chi connectivity index (χ1n) is 19.7. The Hall–Kier alpha value is -3.68. The van der Waals surface area contributed by atoms with E-state index in [0.717, 1.165) is 47.6 Å². The number of benzene rings is 3. The largest absolute Gasteiger partial charge is 0.491 e. The maximum absolute atomic E-state index is 13.5. The number of nitrogens with zero attached hydrogens (tertiary/aromatic N) is 2. The average molecular weight is 781 g/mol. The van der Waals surface area contributed by atoms with E-state index >= 15 is 0 Å². The Morgan fingerprint density at radius 2 is 1.71 bits per heavy atom. The number of carboxylic acid groups (broad SMARTS) is 1. The molecule has 5 rings (SSSR count). The topological polar surface area (TPSA) is 99.2 Å². The SMILES string of the molecule is COCCCN1CCOc2ccc(COC(C)(C)[Si](OC3CN(C(=O)O)CCC3c3ccc(OCCOCc4cccc(F)c4)cc3)(C(C)C)C(C)C)cc21. The molecule has 1 amide bonds. The number of hydrogen-bond donors (Lipinski definition) is 1. The molecular weight excluding hydrogens is 720 g/mol. The lowest BCUT2D eigenvalue weighted by Gasteiger charge is -2.53. The Bertz CT molecular complexity index is 1660. The lowest BCUT2D eigenvalue weighted by atomic mass is 9.87. The van der Waals surface area contributed by atoms with E-state index in [2.05, 4.69) is 70.7 Å². The molecule has 2 aliphatic heterocycles. The van der Waals surface area contributed by atoms with Crippen molar-refractivity contribution >= 4 is 20.1 Å². The molecule has 10 nitrogen and oxygen atoms in total. The minimum atomic E-state index is -2.84. The van der Waals surface area contributed by atoms with Crippen LogP contribution in [0.4, 0.5) is 14.9 Å². The number of piperidine rings is 1. The van der Waals surface area contributed by atoms with Crippen LogP contribution in [0.25, 0.3) is 0 Å². The van der Waals surface area contributed by atoms with Crippen LogP contribution in [0.1, 0.15) is 77.0 Å². The fraction of sp³-hybridized carbons (Fsp3) is 0.558. The summed E-state index contributed by atoms with van der Waals surface area (Å²) in [5, 5.41) is 9.47. The molecule has 0 radical (unpaired) electrons. The highest BCUT2D eigenvalue weighted by Gasteiger charge is 2.57. The molecule has 0 aromatic heterocycles. The van der Waals surface area contributed by atoms with Crippen molar-refractivity contribution in [1.82, 2.24) is 4.90 Å². The number of anilines is 1. The van der Waals surface area contributed by atoms with Gasteiger partial charge < -0.3 is 43.0 Å². The number of methoxy groups -OCH3 is 1. The molecule has 2 heterocycles. The Morgan fingerprint density at radius 1 is 0.964 bits per heavy atom. The van der Waals surface area contributed by atoms with Crippen molar-refractivity contribution in [3.05, 3.63) is 89.2 Å². The van der Waals surface area contributed by atoms with Gasteiger partial charge in [0.15, 0.2) is 0 Å². The Kier molecular flexibility index (Phi) is 15.0. The Morgan fingerprint density at radius 3 is 2.40 bits per heavy atom. The second-order valence-electron chi connectivity index (χ2n) is 15.8. The van der Waals surface area contributed by atoms with Crippen LogP contribution in [0, 0.1) is 5.82 Å². The van der Waals surface area contributed by atoms with Gasteiger partial charge in [-0.05, 0) is 90.9 Å². The highest BCUT2D eigenvalue weighted by molar-refractivity contribution is 6.79. The summed E-state index contributed by atoms with van der Waals surface area (Å²) in [6, 6.07) is 20.7. The molecule has 3 aromatic rings. The van der Waals surface area contributed by atoms with E-state index in [4.69, 9.17) is 28.1 Å². The van der Waals surface area contributed by atoms with Crippen molar-refractivity contribution in [3.8, 4) is 11.5 Å². The minimum absolute atomic E-state index is 0.0100. The van der Waals surface area contributed by atoms with Gasteiger partial charge in [-0.15, -0.1) is 0 Å². The highest BCUT2D eigenvalue weighted by atomic mass is 28.4. The molecule has 2 unspecified atom stereocenters. The van der Waals surface area contributed by atoms with E-state index in [1.165, 1.54) is 17.0 Å². The second kappa shape index (κ2) is 19.5. The van der Waals surface area contributed by atoms with E-state index in [1.54, 1.807) is 13.2 Å². The predicted octanol–water partition coefficient (Wildman–Crippen LogP) is 8.81. The quantitative estimate of drug-likeness (QED) is 0.0946. The molecular formula is C43H61FN2O8Si. The fourth-order valence-electron chi connectivity index (χ4n) is 8.58. The van der Waals surface area contributed by atoms with Gasteiger partial charge in [0.05, 0.1) is 43.4 Å². The average Bonchev–Trinajstić information content (AvgIpc) is 3.16. The van der Waals surface area contributed by atoms with Crippen LogP contribution >= 0.6 is 0 Å². The minimum Gasteiger partial charge on any atom is -0.491 e. The number of ether oxygens (including phenoxy) is 5. The first-order chi connectivity index (χ1) is 26.3. The number of halogens is 1. The van der Waals surface area contributed by atoms with Gasteiger partial charge in [0.2, 0.25) is 8.32 Å². The van der Waals surface area contributed by atoms with Gasteiger partial charge in [-0.3, -0.25) is 0 Å². The number of amides is 1. The van der Waals surface area contributed by atoms with E-state index < -0.39 is 19.6 Å². The second-order valence-corrected chi connectivity index (χ2v) is 21.1. The summed E-state index contributed by atoms with van der Waals surface area (Å²) in [6.07, 6.45) is 0.298. The molecule has 55 heavy (non-hydrogen) atoms. The van der Waals surface area contributed by atoms with Crippen molar-refractivity contribution in [2.45, 2.75) is 95.9 Å². The van der Waals surface area contributed by atoms with Gasteiger partial charge in [0.1, 0.15) is 30.5 Å². The van der Waals surface area contributed by atoms with Crippen molar-refractivity contribution in [2.75, 3.05) is 64.6 Å². The third-order valence-electron chi connectivity index (χ3n) is 11.2. The van der Waals surface area contributed by atoms with Crippen molar-refractivity contribution in [3.63, 3.8) is 0 Å². The fourth-order valence-corrected chi connectivity index (χ4v) is 14.6. The molecule has 2 atom stereocenters. The number of carbonyl (C=O) groups is 1. The van der Waals surface area contributed by atoms with Gasteiger partial charge in [0, 0.05) is 39.3 Å². The van der Waals surface area contributed by atoms with E-state index in [-0.39, 0.29) is 35.5 Å². The van der Waals surface area contributed by atoms with E-state index in [0.29, 0.717) is 58.4 Å². The first-order valence-corrected chi connectivity index (χ1v) is 21.7. The Labute approximate surface area is 327 Å². The molecule has 0 spiro atoms. The zero-order chi connectivity index (χ0) is 39.6. The third-order valence-corrected chi connectivity index (χ3v) is 17.3. The summed E-state index contributed by atoms with van der Waals surface area (Å²) >= 11 is 0. The van der Waals surface area contributed by atoms with E-state index in [9.17, 15) is 14.3 Å². The van der Waals surface area contributed by atoms with Crippen LogP contribution in [-0.4, -0.2) is 95.5 Å². The monoisotopic (exact) mass is 780 g/mol. The molecule has 3 aromatic carbocycles. The van der Waals surface area contributed by atoms with Gasteiger partial charge >= 0.3 is 6.09 Å². The Balaban J connectivity index is 1.29. The lowest BCUT2D eigenvalue weighted by Crippen LogP contribution is -2.66. The molecule has 12 heteroatoms. The summed E-state index contributed by atoms with van der Waals surface area (Å²) in [6.45, 7) is 18.5. The van der Waals surface area contributed by atoms with Crippen LogP contribution in [0.2, 0.25) is 11.1 Å². The summed E-state index contributed by atoms with van der Waals surface area (Å²) in [4.78, 5) is 16.2. The zero-order valence-corrected chi connectivity index (χ0v) is 34.7. The van der Waals surface area contributed by atoms with Crippen LogP contribution < -0.4 is 14.4 Å². The van der Waals surface area contributed by atoms with Crippen LogP contribution in [-0.2, 0) is 31.9 Å². The van der Waals surface area contributed by atoms with Gasteiger partial charge in [-0.25, -0.2) is 9.18 Å². The molecule has 0 bridgehead atoms. The molecule has 1 fully saturated rings. The molecule has 2 aliphatic rings. The number of fused-ring (bicyclic) bond motifs is 1. The summed E-state index contributed by atoms with van der Waals surface area (Å²) < 4.78 is 50.9. The summed E-state index contributed by atoms with van der Waals surface area (Å²) in [5.41, 5.74) is 4.37. The van der Waals surface area contributed by atoms with Crippen LogP contribution in [0.5, 0.6) is 11.5 Å². The van der Waals surface area contributed by atoms with Crippen LogP contribution in [0.3, 0.4) is 0 Å². The first kappa shape index (κ1) is 42.5. The number of hydrogen-bond acceptors (Lipinski definition) is 8. The summed E-state index contributed by atoms with van der Waals surface area (Å²) in [7, 11) is -1.10. The van der Waals surface area contributed by atoms with Crippen molar-refractivity contribution in [2.24, 2.45) is 0 Å². The van der Waals surface area contributed by atoms with Crippen LogP contribution in [0.15, 0.2) is 66.7 Å². The van der Waals surface area contributed by atoms with Crippen molar-refractivity contribution in [1.29, 1.82) is 0 Å².